The van der Waals surface area contributed by atoms with Crippen LogP contribution in [0.15, 0.2) is 89.0 Å². The van der Waals surface area contributed by atoms with Gasteiger partial charge in [0.2, 0.25) is 5.91 Å². The van der Waals surface area contributed by atoms with Crippen molar-refractivity contribution in [2.24, 2.45) is 10.1 Å². The van der Waals surface area contributed by atoms with Crippen molar-refractivity contribution in [1.29, 1.82) is 0 Å². The number of methoxy groups -OCH3 is 1. The molecule has 2 N–H and O–H groups in total. The molecule has 10 heteroatoms. The average Bonchev–Trinajstić information content (AvgIpc) is 3.61. The molecule has 42 heavy (non-hydrogen) atoms. The fourth-order valence-electron chi connectivity index (χ4n) is 4.96. The number of hydrazone groups is 1. The zero-order valence-corrected chi connectivity index (χ0v) is 24.2. The second-order valence-corrected chi connectivity index (χ2v) is 11.3. The second-order valence-electron chi connectivity index (χ2n) is 10.1. The lowest BCUT2D eigenvalue weighted by Crippen LogP contribution is -2.43. The highest BCUT2D eigenvalue weighted by molar-refractivity contribution is 8.15. The topological polar surface area (TPSA) is 121 Å². The van der Waals surface area contributed by atoms with Crippen LogP contribution in [0, 0.1) is 0 Å². The molecular weight excluding hydrogens is 552 g/mol. The Kier molecular flexibility index (Phi) is 9.02. The molecule has 2 amide bonds. The fourth-order valence-corrected chi connectivity index (χ4v) is 6.02. The Morgan fingerprint density at radius 3 is 2.40 bits per heavy atom. The molecule has 3 aromatic carbocycles. The summed E-state index contributed by atoms with van der Waals surface area (Å²) in [5.41, 5.74) is 4.85. The van der Waals surface area contributed by atoms with Crippen molar-refractivity contribution in [3.05, 3.63) is 101 Å². The van der Waals surface area contributed by atoms with Crippen LogP contribution >= 0.6 is 11.8 Å². The number of nitrogens with zero attached hydrogens (tertiary/aromatic N) is 3. The van der Waals surface area contributed by atoms with E-state index in [-0.39, 0.29) is 18.9 Å². The summed E-state index contributed by atoms with van der Waals surface area (Å²) in [5, 5.41) is 18.6. The van der Waals surface area contributed by atoms with Crippen LogP contribution < -0.4 is 10.1 Å². The largest absolute Gasteiger partial charge is 0.497 e. The van der Waals surface area contributed by atoms with E-state index in [9.17, 15) is 19.5 Å². The molecule has 216 valence electrons. The normalized spacial score (nSPS) is 18.8. The van der Waals surface area contributed by atoms with Crippen LogP contribution in [0.5, 0.6) is 5.75 Å². The number of carboxylic acid groups (broad SMARTS) is 1. The molecule has 9 nitrogen and oxygen atoms in total. The average molecular weight is 585 g/mol. The van der Waals surface area contributed by atoms with E-state index in [2.05, 4.69) is 41.5 Å². The zero-order valence-electron chi connectivity index (χ0n) is 23.4. The molecule has 0 fully saturated rings. The standard InChI is InChI=1S/C32H32N4O5S/c1-3-20-9-11-23(12-10-20)27-18-25(22-13-15-24(41-2)16-14-22)35-36(27)32-34-30(38)28(42-32)19-29(37)33-26(31(39)40)17-21-7-5-4-6-8-21/h4-16,26-28H,3,17-19H2,1-2H3,(H,33,37)(H,39,40)/t26-,27-,28-/m0/s1. The van der Waals surface area contributed by atoms with Gasteiger partial charge in [0.25, 0.3) is 5.91 Å². The molecule has 0 radical (unpaired) electrons. The van der Waals surface area contributed by atoms with E-state index < -0.39 is 29.1 Å². The Morgan fingerprint density at radius 1 is 1.05 bits per heavy atom. The number of amidine groups is 1. The van der Waals surface area contributed by atoms with Gasteiger partial charge in [-0.05, 0) is 52.9 Å². The van der Waals surface area contributed by atoms with Crippen LogP contribution in [0.2, 0.25) is 0 Å². The Bertz CT molecular complexity index is 1510. The van der Waals surface area contributed by atoms with Crippen LogP contribution in [-0.4, -0.2) is 57.2 Å². The van der Waals surface area contributed by atoms with Gasteiger partial charge in [-0.15, -0.1) is 0 Å². The molecule has 3 atom stereocenters. The molecule has 0 spiro atoms. The third-order valence-corrected chi connectivity index (χ3v) is 8.46. The molecule has 0 unspecified atom stereocenters. The van der Waals surface area contributed by atoms with Crippen LogP contribution in [0.25, 0.3) is 0 Å². The van der Waals surface area contributed by atoms with Gasteiger partial charge in [-0.25, -0.2) is 9.80 Å². The van der Waals surface area contributed by atoms with Crippen LogP contribution in [0.1, 0.15) is 48.1 Å². The lowest BCUT2D eigenvalue weighted by molar-refractivity contribution is -0.141. The molecule has 2 aliphatic heterocycles. The molecule has 0 bridgehead atoms. The van der Waals surface area contributed by atoms with Gasteiger partial charge >= 0.3 is 5.97 Å². The monoisotopic (exact) mass is 584 g/mol. The van der Waals surface area contributed by atoms with E-state index in [4.69, 9.17) is 9.84 Å². The number of nitrogens with one attached hydrogen (secondary N) is 1. The van der Waals surface area contributed by atoms with Gasteiger partial charge < -0.3 is 15.2 Å². The minimum atomic E-state index is -1.14. The summed E-state index contributed by atoms with van der Waals surface area (Å²) in [7, 11) is 1.62. The first-order valence-electron chi connectivity index (χ1n) is 13.8. The molecular formula is C32H32N4O5S. The lowest BCUT2D eigenvalue weighted by atomic mass is 9.97. The number of carboxylic acids is 1. The van der Waals surface area contributed by atoms with Gasteiger partial charge in [0.15, 0.2) is 5.17 Å². The highest BCUT2D eigenvalue weighted by Gasteiger charge is 2.39. The fraction of sp³-hybridized carbons (Fsp3) is 0.281. The summed E-state index contributed by atoms with van der Waals surface area (Å²) >= 11 is 1.18. The number of aryl methyl sites for hydroxylation is 1. The Hall–Kier alpha value is -4.44. The van der Waals surface area contributed by atoms with E-state index in [1.807, 2.05) is 54.6 Å². The van der Waals surface area contributed by atoms with Crippen LogP contribution in [0.4, 0.5) is 0 Å². The molecule has 0 saturated heterocycles. The maximum Gasteiger partial charge on any atom is 0.326 e. The number of hydrogen-bond acceptors (Lipinski definition) is 7. The van der Waals surface area contributed by atoms with E-state index in [0.29, 0.717) is 11.6 Å². The molecule has 2 heterocycles. The van der Waals surface area contributed by atoms with E-state index in [0.717, 1.165) is 34.6 Å². The third kappa shape index (κ3) is 6.71. The summed E-state index contributed by atoms with van der Waals surface area (Å²) in [6, 6.07) is 23.8. The molecule has 0 aliphatic carbocycles. The van der Waals surface area contributed by atoms with Crippen molar-refractivity contribution < 1.29 is 24.2 Å². The summed E-state index contributed by atoms with van der Waals surface area (Å²) in [4.78, 5) is 41.9. The highest BCUT2D eigenvalue weighted by Crippen LogP contribution is 2.38. The van der Waals surface area contributed by atoms with Crippen molar-refractivity contribution in [3.8, 4) is 5.75 Å². The van der Waals surface area contributed by atoms with Crippen molar-refractivity contribution >= 4 is 40.4 Å². The van der Waals surface area contributed by atoms with Gasteiger partial charge in [-0.1, -0.05) is 73.3 Å². The quantitative estimate of drug-likeness (QED) is 0.357. The first-order chi connectivity index (χ1) is 20.3. The van der Waals surface area contributed by atoms with E-state index in [1.54, 1.807) is 12.1 Å². The molecule has 2 aliphatic rings. The second kappa shape index (κ2) is 13.0. The van der Waals surface area contributed by atoms with Gasteiger partial charge in [0, 0.05) is 19.3 Å². The number of aliphatic imine (C=N–C) groups is 1. The number of hydrogen-bond donors (Lipinski definition) is 2. The maximum absolute atomic E-state index is 12.9. The first-order valence-corrected chi connectivity index (χ1v) is 14.7. The number of carbonyl (C=O) groups excluding carboxylic acids is 2. The predicted octanol–water partition coefficient (Wildman–Crippen LogP) is 4.61. The minimum Gasteiger partial charge on any atom is -0.497 e. The van der Waals surface area contributed by atoms with Crippen molar-refractivity contribution in [1.82, 2.24) is 10.3 Å². The number of thioether (sulfide) groups is 1. The minimum absolute atomic E-state index is 0.143. The Labute approximate surface area is 248 Å². The molecule has 5 rings (SSSR count). The molecule has 0 saturated carbocycles. The predicted molar refractivity (Wildman–Crippen MR) is 163 cm³/mol. The third-order valence-electron chi connectivity index (χ3n) is 7.32. The Balaban J connectivity index is 1.31. The number of aliphatic carboxylic acids is 1. The van der Waals surface area contributed by atoms with Crippen molar-refractivity contribution in [2.75, 3.05) is 7.11 Å². The van der Waals surface area contributed by atoms with Gasteiger partial charge in [0.1, 0.15) is 17.0 Å². The summed E-state index contributed by atoms with van der Waals surface area (Å²) in [6.07, 6.45) is 1.49. The van der Waals surface area contributed by atoms with Crippen molar-refractivity contribution in [3.63, 3.8) is 0 Å². The summed E-state index contributed by atoms with van der Waals surface area (Å²) in [5.74, 6) is -1.34. The lowest BCUT2D eigenvalue weighted by Gasteiger charge is -2.23. The smallest absolute Gasteiger partial charge is 0.326 e. The summed E-state index contributed by atoms with van der Waals surface area (Å²) < 4.78 is 5.29. The number of ether oxygens (including phenoxy) is 1. The van der Waals surface area contributed by atoms with Crippen molar-refractivity contribution in [2.45, 2.75) is 49.9 Å². The summed E-state index contributed by atoms with van der Waals surface area (Å²) in [6.45, 7) is 2.11. The Morgan fingerprint density at radius 2 is 1.76 bits per heavy atom. The molecule has 3 aromatic rings. The van der Waals surface area contributed by atoms with Gasteiger partial charge in [-0.2, -0.15) is 10.1 Å². The zero-order chi connectivity index (χ0) is 29.6. The number of rotatable bonds is 10. The van der Waals surface area contributed by atoms with Crippen LogP contribution in [0.3, 0.4) is 0 Å². The highest BCUT2D eigenvalue weighted by atomic mass is 32.2. The van der Waals surface area contributed by atoms with Gasteiger partial charge in [0.05, 0.1) is 18.9 Å². The SMILES string of the molecule is CCc1ccc([C@@H]2CC(c3ccc(OC)cc3)=NN2C2=NC(=O)[C@H](CC(=O)N[C@@H](Cc3ccccc3)C(=O)O)S2)cc1. The maximum atomic E-state index is 12.9. The van der Waals surface area contributed by atoms with E-state index >= 15 is 0 Å². The number of amides is 2. The number of benzene rings is 3. The van der Waals surface area contributed by atoms with Crippen LogP contribution in [-0.2, 0) is 27.2 Å². The molecule has 0 aromatic heterocycles. The number of carbonyl (C=O) groups is 3. The van der Waals surface area contributed by atoms with Gasteiger partial charge in [-0.3, -0.25) is 9.59 Å². The van der Waals surface area contributed by atoms with E-state index in [1.165, 1.54) is 17.3 Å². The first kappa shape index (κ1) is 29.1.